The van der Waals surface area contributed by atoms with Gasteiger partial charge in [-0.2, -0.15) is 0 Å². The van der Waals surface area contributed by atoms with Gasteiger partial charge >= 0.3 is 0 Å². The van der Waals surface area contributed by atoms with E-state index in [0.29, 0.717) is 19.5 Å². The molecule has 0 aromatic heterocycles. The molecule has 1 N–H and O–H groups in total. The van der Waals surface area contributed by atoms with Crippen LogP contribution in [-0.2, 0) is 16.1 Å². The van der Waals surface area contributed by atoms with Gasteiger partial charge in [0.15, 0.2) is 0 Å². The van der Waals surface area contributed by atoms with Crippen LogP contribution in [0.5, 0.6) is 0 Å². The number of nitrogens with one attached hydrogen (secondary N) is 1. The van der Waals surface area contributed by atoms with Gasteiger partial charge in [0, 0.05) is 30.9 Å². The molecule has 5 nitrogen and oxygen atoms in total. The number of rotatable bonds is 6. The van der Waals surface area contributed by atoms with Crippen LogP contribution in [-0.4, -0.2) is 36.9 Å². The summed E-state index contributed by atoms with van der Waals surface area (Å²) in [5.41, 5.74) is 2.81. The lowest BCUT2D eigenvalue weighted by Gasteiger charge is -2.18. The fraction of sp³-hybridized carbons (Fsp3) is 0.250. The van der Waals surface area contributed by atoms with Crippen LogP contribution in [0, 0.1) is 0 Å². The summed E-state index contributed by atoms with van der Waals surface area (Å²) in [6.45, 7) is 1.78. The van der Waals surface area contributed by atoms with Crippen molar-refractivity contribution in [3.05, 3.63) is 72.3 Å². The zero-order valence-electron chi connectivity index (χ0n) is 16.6. The second-order valence-corrected chi connectivity index (χ2v) is 7.60. The van der Waals surface area contributed by atoms with E-state index < -0.39 is 0 Å². The first kappa shape index (κ1) is 19.2. The Bertz CT molecular complexity index is 1030. The van der Waals surface area contributed by atoms with Gasteiger partial charge in [0.25, 0.3) is 0 Å². The first-order valence-corrected chi connectivity index (χ1v) is 9.95. The topological polar surface area (TPSA) is 52.7 Å². The first-order chi connectivity index (χ1) is 14.1. The molecule has 0 saturated carbocycles. The largest absolute Gasteiger partial charge is 0.325 e. The molecule has 1 heterocycles. The van der Waals surface area contributed by atoms with Crippen LogP contribution >= 0.6 is 0 Å². The highest BCUT2D eigenvalue weighted by Gasteiger charge is 2.21. The molecule has 0 unspecified atom stereocenters. The molecule has 0 atom stereocenters. The second kappa shape index (κ2) is 8.45. The Labute approximate surface area is 170 Å². The van der Waals surface area contributed by atoms with Crippen molar-refractivity contribution in [2.45, 2.75) is 19.4 Å². The van der Waals surface area contributed by atoms with Crippen LogP contribution in [0.3, 0.4) is 0 Å². The SMILES string of the molecule is CN(CC(=O)Nc1ccc(N2CCCC2=O)cc1)Cc1ccc2ccccc2c1. The average Bonchev–Trinajstić information content (AvgIpc) is 3.14. The summed E-state index contributed by atoms with van der Waals surface area (Å²) in [4.78, 5) is 28.0. The monoisotopic (exact) mass is 387 g/mol. The van der Waals surface area contributed by atoms with E-state index in [1.807, 2.05) is 48.3 Å². The zero-order valence-corrected chi connectivity index (χ0v) is 16.6. The van der Waals surface area contributed by atoms with Crippen molar-refractivity contribution >= 4 is 34.0 Å². The molecule has 148 valence electrons. The number of amides is 2. The summed E-state index contributed by atoms with van der Waals surface area (Å²) >= 11 is 0. The van der Waals surface area contributed by atoms with E-state index in [-0.39, 0.29) is 11.8 Å². The van der Waals surface area contributed by atoms with Gasteiger partial charge in [-0.3, -0.25) is 14.5 Å². The summed E-state index contributed by atoms with van der Waals surface area (Å²) in [5, 5.41) is 5.36. The highest BCUT2D eigenvalue weighted by Crippen LogP contribution is 2.23. The van der Waals surface area contributed by atoms with Crippen LogP contribution < -0.4 is 10.2 Å². The van der Waals surface area contributed by atoms with Crippen LogP contribution in [0.1, 0.15) is 18.4 Å². The van der Waals surface area contributed by atoms with E-state index >= 15 is 0 Å². The number of hydrogen-bond acceptors (Lipinski definition) is 3. The highest BCUT2D eigenvalue weighted by atomic mass is 16.2. The third kappa shape index (κ3) is 4.63. The van der Waals surface area contributed by atoms with Gasteiger partial charge in [0.1, 0.15) is 0 Å². The lowest BCUT2D eigenvalue weighted by molar-refractivity contribution is -0.117. The van der Waals surface area contributed by atoms with E-state index in [2.05, 4.69) is 35.6 Å². The van der Waals surface area contributed by atoms with Gasteiger partial charge in [-0.15, -0.1) is 0 Å². The fourth-order valence-corrected chi connectivity index (χ4v) is 3.80. The number of hydrogen-bond donors (Lipinski definition) is 1. The van der Waals surface area contributed by atoms with Crippen molar-refractivity contribution in [2.24, 2.45) is 0 Å². The van der Waals surface area contributed by atoms with Crippen LogP contribution in [0.15, 0.2) is 66.7 Å². The molecule has 5 heteroatoms. The molecule has 3 aromatic carbocycles. The molecule has 1 aliphatic rings. The number of likely N-dealkylation sites (N-methyl/N-ethyl adjacent to an activating group) is 1. The molecular formula is C24H25N3O2. The third-order valence-electron chi connectivity index (χ3n) is 5.22. The maximum Gasteiger partial charge on any atom is 0.238 e. The Balaban J connectivity index is 1.32. The summed E-state index contributed by atoms with van der Waals surface area (Å²) in [7, 11) is 1.94. The van der Waals surface area contributed by atoms with Gasteiger partial charge in [-0.05, 0) is 60.1 Å². The maximum absolute atomic E-state index is 12.4. The number of anilines is 2. The number of carbonyl (C=O) groups excluding carboxylic acids is 2. The minimum Gasteiger partial charge on any atom is -0.325 e. The van der Waals surface area contributed by atoms with E-state index in [1.165, 1.54) is 16.3 Å². The van der Waals surface area contributed by atoms with Gasteiger partial charge < -0.3 is 10.2 Å². The maximum atomic E-state index is 12.4. The minimum atomic E-state index is -0.0571. The molecule has 29 heavy (non-hydrogen) atoms. The number of fused-ring (bicyclic) bond motifs is 1. The molecule has 1 fully saturated rings. The van der Waals surface area contributed by atoms with Gasteiger partial charge in [-0.25, -0.2) is 0 Å². The Morgan fingerprint density at radius 1 is 1.03 bits per heavy atom. The van der Waals surface area contributed by atoms with Crippen molar-refractivity contribution in [3.8, 4) is 0 Å². The predicted molar refractivity (Wildman–Crippen MR) is 117 cm³/mol. The summed E-state index contributed by atoms with van der Waals surface area (Å²) < 4.78 is 0. The highest BCUT2D eigenvalue weighted by molar-refractivity contribution is 5.96. The Morgan fingerprint density at radius 2 is 1.79 bits per heavy atom. The molecule has 3 aromatic rings. The molecular weight excluding hydrogens is 362 g/mol. The lowest BCUT2D eigenvalue weighted by atomic mass is 10.1. The summed E-state index contributed by atoms with van der Waals surface area (Å²) in [6.07, 6.45) is 1.52. The number of carbonyl (C=O) groups is 2. The normalized spacial score (nSPS) is 14.0. The van der Waals surface area contributed by atoms with Crippen LogP contribution in [0.25, 0.3) is 10.8 Å². The summed E-state index contributed by atoms with van der Waals surface area (Å²) in [5.74, 6) is 0.107. The van der Waals surface area contributed by atoms with Crippen LogP contribution in [0.2, 0.25) is 0 Å². The Morgan fingerprint density at radius 3 is 2.52 bits per heavy atom. The smallest absolute Gasteiger partial charge is 0.238 e. The second-order valence-electron chi connectivity index (χ2n) is 7.60. The van der Waals surface area contributed by atoms with Gasteiger partial charge in [0.05, 0.1) is 6.54 Å². The molecule has 0 spiro atoms. The van der Waals surface area contributed by atoms with Crippen molar-refractivity contribution in [3.63, 3.8) is 0 Å². The first-order valence-electron chi connectivity index (χ1n) is 9.95. The van der Waals surface area contributed by atoms with Crippen LogP contribution in [0.4, 0.5) is 11.4 Å². The molecule has 1 aliphatic heterocycles. The molecule has 2 amide bonds. The molecule has 1 saturated heterocycles. The number of nitrogens with zero attached hydrogens (tertiary/aromatic N) is 2. The average molecular weight is 387 g/mol. The zero-order chi connectivity index (χ0) is 20.2. The predicted octanol–water partition coefficient (Wildman–Crippen LogP) is 4.04. The standard InChI is InChI=1S/C24H25N3O2/c1-26(16-18-8-9-19-5-2-3-6-20(19)15-18)17-23(28)25-21-10-12-22(13-11-21)27-14-4-7-24(27)29/h2-3,5-6,8-13,15H,4,7,14,16-17H2,1H3,(H,25,28). The van der Waals surface area contributed by atoms with E-state index in [9.17, 15) is 9.59 Å². The van der Waals surface area contributed by atoms with Crippen molar-refractivity contribution in [1.29, 1.82) is 0 Å². The summed E-state index contributed by atoms with van der Waals surface area (Å²) in [6, 6.07) is 22.1. The van der Waals surface area contributed by atoms with E-state index in [0.717, 1.165) is 24.3 Å². The van der Waals surface area contributed by atoms with Gasteiger partial charge in [-0.1, -0.05) is 36.4 Å². The lowest BCUT2D eigenvalue weighted by Crippen LogP contribution is -2.29. The van der Waals surface area contributed by atoms with Crippen molar-refractivity contribution in [1.82, 2.24) is 4.90 Å². The Kier molecular flexibility index (Phi) is 5.58. The van der Waals surface area contributed by atoms with Crippen molar-refractivity contribution in [2.75, 3.05) is 30.4 Å². The third-order valence-corrected chi connectivity index (χ3v) is 5.22. The molecule has 4 rings (SSSR count). The van der Waals surface area contributed by atoms with Crippen molar-refractivity contribution < 1.29 is 9.59 Å². The van der Waals surface area contributed by atoms with E-state index in [1.54, 1.807) is 4.90 Å². The molecule has 0 aliphatic carbocycles. The quantitative estimate of drug-likeness (QED) is 0.695. The minimum absolute atomic E-state index is 0.0571. The Hall–Kier alpha value is -3.18. The molecule has 0 radical (unpaired) electrons. The fourth-order valence-electron chi connectivity index (χ4n) is 3.80. The van der Waals surface area contributed by atoms with Gasteiger partial charge in [0.2, 0.25) is 11.8 Å². The number of benzene rings is 3. The van der Waals surface area contributed by atoms with E-state index in [4.69, 9.17) is 0 Å². The molecule has 0 bridgehead atoms.